The fourth-order valence-electron chi connectivity index (χ4n) is 3.33. The third kappa shape index (κ3) is 5.19. The molecule has 0 aliphatic rings. The maximum atomic E-state index is 13.5. The van der Waals surface area contributed by atoms with E-state index < -0.39 is 23.0 Å². The standard InChI is InChI=1S/C24H26Cl2N4O6/c1-23(2,3)24(4,36-22(27)32)19-18(20(31)29-17-13(25)10-28-11-14(17)26)30-21(35-19)12-7-8-15(33-5)16(9-12)34-6/h7-11H,1-6H3,(H2,27,32)(H,28,29,31). The van der Waals surface area contributed by atoms with E-state index in [1.165, 1.54) is 26.6 Å². The number of oxazole rings is 1. The molecule has 1 atom stereocenters. The average molecular weight is 537 g/mol. The molecule has 192 valence electrons. The van der Waals surface area contributed by atoms with Gasteiger partial charge in [-0.15, -0.1) is 0 Å². The van der Waals surface area contributed by atoms with Crippen LogP contribution >= 0.6 is 23.2 Å². The second-order valence-corrected chi connectivity index (χ2v) is 9.72. The summed E-state index contributed by atoms with van der Waals surface area (Å²) < 4.78 is 22.3. The van der Waals surface area contributed by atoms with Crippen molar-refractivity contribution in [2.75, 3.05) is 19.5 Å². The molecular weight excluding hydrogens is 511 g/mol. The number of rotatable bonds is 7. The molecule has 0 aliphatic heterocycles. The first kappa shape index (κ1) is 27.1. The molecule has 0 saturated heterocycles. The van der Waals surface area contributed by atoms with Gasteiger partial charge in [-0.05, 0) is 25.1 Å². The first-order valence-electron chi connectivity index (χ1n) is 10.6. The fourth-order valence-corrected chi connectivity index (χ4v) is 3.79. The first-order valence-corrected chi connectivity index (χ1v) is 11.4. The van der Waals surface area contributed by atoms with E-state index in [9.17, 15) is 9.59 Å². The summed E-state index contributed by atoms with van der Waals surface area (Å²) in [7, 11) is 3.00. The zero-order chi connectivity index (χ0) is 26.8. The van der Waals surface area contributed by atoms with E-state index in [0.717, 1.165) is 0 Å². The lowest BCUT2D eigenvalue weighted by atomic mass is 9.75. The molecule has 10 nitrogen and oxygen atoms in total. The highest BCUT2D eigenvalue weighted by Crippen LogP contribution is 2.46. The molecule has 1 unspecified atom stereocenters. The van der Waals surface area contributed by atoms with Crippen LogP contribution in [0.3, 0.4) is 0 Å². The molecule has 0 spiro atoms. The van der Waals surface area contributed by atoms with Gasteiger partial charge in [0.25, 0.3) is 5.91 Å². The van der Waals surface area contributed by atoms with E-state index in [4.69, 9.17) is 47.6 Å². The molecule has 2 amide bonds. The number of amides is 2. The van der Waals surface area contributed by atoms with Crippen molar-refractivity contribution in [3.63, 3.8) is 0 Å². The molecule has 2 heterocycles. The Morgan fingerprint density at radius 2 is 1.64 bits per heavy atom. The Bertz CT molecular complexity index is 1280. The van der Waals surface area contributed by atoms with Crippen LogP contribution in [0.25, 0.3) is 11.5 Å². The summed E-state index contributed by atoms with van der Waals surface area (Å²) in [5.74, 6) is 0.232. The number of hydrogen-bond acceptors (Lipinski definition) is 8. The molecule has 2 aromatic heterocycles. The first-order chi connectivity index (χ1) is 16.8. The zero-order valence-electron chi connectivity index (χ0n) is 20.6. The summed E-state index contributed by atoms with van der Waals surface area (Å²) in [6, 6.07) is 4.98. The van der Waals surface area contributed by atoms with Gasteiger partial charge in [-0.1, -0.05) is 44.0 Å². The number of pyridine rings is 1. The van der Waals surface area contributed by atoms with E-state index in [1.807, 2.05) is 0 Å². The highest BCUT2D eigenvalue weighted by atomic mass is 35.5. The average Bonchev–Trinajstić information content (AvgIpc) is 3.26. The van der Waals surface area contributed by atoms with Crippen molar-refractivity contribution >= 4 is 40.9 Å². The van der Waals surface area contributed by atoms with Crippen molar-refractivity contribution in [2.24, 2.45) is 11.1 Å². The zero-order valence-corrected chi connectivity index (χ0v) is 22.1. The van der Waals surface area contributed by atoms with Gasteiger partial charge >= 0.3 is 6.09 Å². The smallest absolute Gasteiger partial charge is 0.405 e. The molecule has 3 aromatic rings. The van der Waals surface area contributed by atoms with Crippen LogP contribution in [0.5, 0.6) is 11.5 Å². The van der Waals surface area contributed by atoms with Crippen molar-refractivity contribution in [1.29, 1.82) is 0 Å². The van der Waals surface area contributed by atoms with Crippen molar-refractivity contribution in [3.8, 4) is 23.0 Å². The summed E-state index contributed by atoms with van der Waals surface area (Å²) in [6.45, 7) is 6.98. The number of aromatic nitrogens is 2. The highest BCUT2D eigenvalue weighted by molar-refractivity contribution is 6.39. The minimum Gasteiger partial charge on any atom is -0.493 e. The number of benzene rings is 1. The quantitative estimate of drug-likeness (QED) is 0.393. The summed E-state index contributed by atoms with van der Waals surface area (Å²) >= 11 is 12.4. The van der Waals surface area contributed by atoms with Gasteiger partial charge in [-0.25, -0.2) is 9.78 Å². The molecule has 12 heteroatoms. The summed E-state index contributed by atoms with van der Waals surface area (Å²) in [5, 5.41) is 2.87. The van der Waals surface area contributed by atoms with Crippen molar-refractivity contribution in [1.82, 2.24) is 9.97 Å². The number of nitrogens with zero attached hydrogens (tertiary/aromatic N) is 2. The van der Waals surface area contributed by atoms with Gasteiger partial charge in [0.15, 0.2) is 28.6 Å². The molecule has 36 heavy (non-hydrogen) atoms. The molecular formula is C24H26Cl2N4O6. The number of halogens is 2. The summed E-state index contributed by atoms with van der Waals surface area (Å²) in [4.78, 5) is 33.7. The van der Waals surface area contributed by atoms with Crippen molar-refractivity contribution < 1.29 is 28.2 Å². The number of carbonyl (C=O) groups excluding carboxylic acids is 2. The number of nitrogens with two attached hydrogens (primary N) is 1. The fraction of sp³-hybridized carbons (Fsp3) is 0.333. The molecule has 3 N–H and O–H groups in total. The van der Waals surface area contributed by atoms with Crippen LogP contribution in [0.15, 0.2) is 35.0 Å². The highest BCUT2D eigenvalue weighted by Gasteiger charge is 2.49. The number of ether oxygens (including phenoxy) is 3. The van der Waals surface area contributed by atoms with Crippen molar-refractivity contribution in [2.45, 2.75) is 33.3 Å². The summed E-state index contributed by atoms with van der Waals surface area (Å²) in [6.07, 6.45) is 1.61. The monoisotopic (exact) mass is 536 g/mol. The minimum atomic E-state index is -1.50. The van der Waals surface area contributed by atoms with E-state index in [1.54, 1.807) is 45.9 Å². The number of primary amides is 1. The van der Waals surface area contributed by atoms with Crippen molar-refractivity contribution in [3.05, 3.63) is 52.1 Å². The van der Waals surface area contributed by atoms with Gasteiger partial charge in [-0.2, -0.15) is 0 Å². The Morgan fingerprint density at radius 1 is 1.03 bits per heavy atom. The second kappa shape index (κ2) is 10.2. The molecule has 0 aliphatic carbocycles. The molecule has 3 rings (SSSR count). The Hall–Kier alpha value is -3.50. The number of anilines is 1. The third-order valence-corrected chi connectivity index (χ3v) is 6.31. The molecule has 1 aromatic carbocycles. The Balaban J connectivity index is 2.23. The normalized spacial score (nSPS) is 13.0. The molecule has 0 saturated carbocycles. The lowest BCUT2D eigenvalue weighted by Gasteiger charge is -2.38. The summed E-state index contributed by atoms with van der Waals surface area (Å²) in [5.41, 5.74) is 3.56. The van der Waals surface area contributed by atoms with Gasteiger partial charge in [0, 0.05) is 23.4 Å². The van der Waals surface area contributed by atoms with E-state index >= 15 is 0 Å². The topological polar surface area (TPSA) is 139 Å². The SMILES string of the molecule is COc1ccc(-c2nc(C(=O)Nc3c(Cl)cncc3Cl)c(C(C)(OC(N)=O)C(C)(C)C)o2)cc1OC. The van der Waals surface area contributed by atoms with Crippen LogP contribution in [0.1, 0.15) is 43.9 Å². The van der Waals surface area contributed by atoms with Gasteiger partial charge < -0.3 is 29.7 Å². The lowest BCUT2D eigenvalue weighted by molar-refractivity contribution is -0.0707. The van der Waals surface area contributed by atoms with E-state index in [-0.39, 0.29) is 33.1 Å². The molecule has 0 radical (unpaired) electrons. The predicted molar refractivity (Wildman–Crippen MR) is 135 cm³/mol. The van der Waals surface area contributed by atoms with Gasteiger partial charge in [-0.3, -0.25) is 9.78 Å². The van der Waals surface area contributed by atoms with Crippen LogP contribution in [-0.2, 0) is 10.3 Å². The van der Waals surface area contributed by atoms with E-state index in [0.29, 0.717) is 17.1 Å². The number of nitrogens with one attached hydrogen (secondary N) is 1. The second-order valence-electron chi connectivity index (χ2n) is 8.90. The number of methoxy groups -OCH3 is 2. The molecule has 0 fully saturated rings. The van der Waals surface area contributed by atoms with Gasteiger partial charge in [0.1, 0.15) is 0 Å². The van der Waals surface area contributed by atoms with Crippen LogP contribution in [-0.4, -0.2) is 36.2 Å². The van der Waals surface area contributed by atoms with E-state index in [2.05, 4.69) is 15.3 Å². The third-order valence-electron chi connectivity index (χ3n) is 5.73. The van der Waals surface area contributed by atoms with Crippen LogP contribution in [0.2, 0.25) is 10.0 Å². The minimum absolute atomic E-state index is 0.0302. The lowest BCUT2D eigenvalue weighted by Crippen LogP contribution is -2.44. The predicted octanol–water partition coefficient (Wildman–Crippen LogP) is 5.67. The number of carbonyl (C=O) groups is 2. The maximum absolute atomic E-state index is 13.5. The van der Waals surface area contributed by atoms with Crippen LogP contribution < -0.4 is 20.5 Å². The maximum Gasteiger partial charge on any atom is 0.405 e. The molecule has 0 bridgehead atoms. The Kier molecular flexibility index (Phi) is 7.70. The van der Waals surface area contributed by atoms with Gasteiger partial charge in [0.05, 0.1) is 30.0 Å². The Labute approximate surface area is 218 Å². The Morgan fingerprint density at radius 3 is 2.17 bits per heavy atom. The van der Waals surface area contributed by atoms with Crippen LogP contribution in [0, 0.1) is 5.41 Å². The van der Waals surface area contributed by atoms with Crippen LogP contribution in [0.4, 0.5) is 10.5 Å². The van der Waals surface area contributed by atoms with Gasteiger partial charge in [0.2, 0.25) is 5.89 Å². The number of hydrogen-bond donors (Lipinski definition) is 2. The largest absolute Gasteiger partial charge is 0.493 e.